The highest BCUT2D eigenvalue weighted by Gasteiger charge is 2.17. The summed E-state index contributed by atoms with van der Waals surface area (Å²) in [5.41, 5.74) is 0. The quantitative estimate of drug-likeness (QED) is 0.517. The molecular formula is C7H12N4O2S. The maximum atomic E-state index is 11.2. The second-order valence-electron chi connectivity index (χ2n) is 2.47. The highest BCUT2D eigenvalue weighted by atomic mass is 32.2. The Hall–Kier alpha value is -1.08. The predicted octanol–water partition coefficient (Wildman–Crippen LogP) is -0.342. The molecule has 1 atom stereocenters. The SMILES string of the molecule is CNC(CSc1ncn[nH]1)C(=O)OC. The molecule has 0 saturated carbocycles. The van der Waals surface area contributed by atoms with Crippen molar-refractivity contribution < 1.29 is 9.53 Å². The minimum atomic E-state index is -0.324. The van der Waals surface area contributed by atoms with Crippen LogP contribution in [0.5, 0.6) is 0 Å². The van der Waals surface area contributed by atoms with Crippen LogP contribution in [-0.2, 0) is 9.53 Å². The van der Waals surface area contributed by atoms with E-state index in [2.05, 4.69) is 25.2 Å². The van der Waals surface area contributed by atoms with Gasteiger partial charge in [-0.15, -0.1) is 0 Å². The number of nitrogens with one attached hydrogen (secondary N) is 2. The summed E-state index contributed by atoms with van der Waals surface area (Å²) >= 11 is 1.41. The number of hydrogen-bond acceptors (Lipinski definition) is 6. The third kappa shape index (κ3) is 3.00. The van der Waals surface area contributed by atoms with E-state index in [1.807, 2.05) is 0 Å². The molecule has 0 aliphatic heterocycles. The summed E-state index contributed by atoms with van der Waals surface area (Å²) in [5.74, 6) is 0.276. The summed E-state index contributed by atoms with van der Waals surface area (Å²) < 4.78 is 4.61. The van der Waals surface area contributed by atoms with E-state index in [1.54, 1.807) is 7.05 Å². The van der Waals surface area contributed by atoms with Crippen molar-refractivity contribution in [2.45, 2.75) is 11.2 Å². The van der Waals surface area contributed by atoms with E-state index in [9.17, 15) is 4.79 Å². The van der Waals surface area contributed by atoms with Crippen LogP contribution in [0.1, 0.15) is 0 Å². The van der Waals surface area contributed by atoms with Crippen LogP contribution in [-0.4, -0.2) is 47.1 Å². The molecule has 6 nitrogen and oxygen atoms in total. The Morgan fingerprint density at radius 2 is 2.64 bits per heavy atom. The molecule has 0 bridgehead atoms. The normalized spacial score (nSPS) is 12.4. The van der Waals surface area contributed by atoms with Gasteiger partial charge in [0.05, 0.1) is 7.11 Å². The minimum Gasteiger partial charge on any atom is -0.468 e. The first-order valence-electron chi connectivity index (χ1n) is 4.01. The van der Waals surface area contributed by atoms with Crippen LogP contribution in [0.2, 0.25) is 0 Å². The van der Waals surface area contributed by atoms with Crippen LogP contribution in [0.25, 0.3) is 0 Å². The largest absolute Gasteiger partial charge is 0.468 e. The number of aromatic amines is 1. The molecule has 1 rings (SSSR count). The van der Waals surface area contributed by atoms with E-state index in [-0.39, 0.29) is 12.0 Å². The minimum absolute atomic E-state index is 0.278. The van der Waals surface area contributed by atoms with Crippen LogP contribution < -0.4 is 5.32 Å². The van der Waals surface area contributed by atoms with Crippen molar-refractivity contribution >= 4 is 17.7 Å². The number of rotatable bonds is 5. The van der Waals surface area contributed by atoms with Crippen LogP contribution in [0, 0.1) is 0 Å². The number of aromatic nitrogens is 3. The molecule has 0 fully saturated rings. The molecule has 0 aromatic carbocycles. The number of ether oxygens (including phenoxy) is 1. The van der Waals surface area contributed by atoms with Crippen LogP contribution >= 0.6 is 11.8 Å². The number of hydrogen-bond donors (Lipinski definition) is 2. The predicted molar refractivity (Wildman–Crippen MR) is 52.0 cm³/mol. The van der Waals surface area contributed by atoms with Crippen LogP contribution in [0.4, 0.5) is 0 Å². The Balaban J connectivity index is 2.38. The fraction of sp³-hybridized carbons (Fsp3) is 0.571. The second-order valence-corrected chi connectivity index (χ2v) is 3.47. The lowest BCUT2D eigenvalue weighted by molar-refractivity contribution is -0.142. The Morgan fingerprint density at radius 3 is 3.14 bits per heavy atom. The lowest BCUT2D eigenvalue weighted by atomic mass is 10.3. The average Bonchev–Trinajstić information content (AvgIpc) is 2.71. The molecule has 0 aliphatic carbocycles. The average molecular weight is 216 g/mol. The van der Waals surface area contributed by atoms with Gasteiger partial charge in [-0.3, -0.25) is 9.89 Å². The van der Waals surface area contributed by atoms with Gasteiger partial charge in [0.1, 0.15) is 12.4 Å². The molecule has 7 heteroatoms. The Morgan fingerprint density at radius 1 is 1.86 bits per heavy atom. The standard InChI is InChI=1S/C7H12N4O2S/c1-8-5(6(12)13-2)3-14-7-9-4-10-11-7/h4-5,8H,3H2,1-2H3,(H,9,10,11). The van der Waals surface area contributed by atoms with Gasteiger partial charge in [-0.2, -0.15) is 5.10 Å². The zero-order chi connectivity index (χ0) is 10.4. The van der Waals surface area contributed by atoms with Crippen LogP contribution in [0.3, 0.4) is 0 Å². The first-order valence-corrected chi connectivity index (χ1v) is 4.99. The maximum absolute atomic E-state index is 11.2. The van der Waals surface area contributed by atoms with Crippen molar-refractivity contribution in [2.75, 3.05) is 19.9 Å². The lowest BCUT2D eigenvalue weighted by Gasteiger charge is -2.11. The van der Waals surface area contributed by atoms with Gasteiger partial charge >= 0.3 is 5.97 Å². The molecule has 0 amide bonds. The number of carbonyl (C=O) groups excluding carboxylic acids is 1. The number of thioether (sulfide) groups is 1. The van der Waals surface area contributed by atoms with Gasteiger partial charge in [0.15, 0.2) is 5.16 Å². The lowest BCUT2D eigenvalue weighted by Crippen LogP contribution is -2.37. The highest BCUT2D eigenvalue weighted by molar-refractivity contribution is 7.99. The fourth-order valence-electron chi connectivity index (χ4n) is 0.838. The molecule has 0 spiro atoms. The maximum Gasteiger partial charge on any atom is 0.323 e. The fourth-order valence-corrected chi connectivity index (χ4v) is 1.70. The van der Waals surface area contributed by atoms with Crippen molar-refractivity contribution in [3.63, 3.8) is 0 Å². The van der Waals surface area contributed by atoms with Gasteiger partial charge in [0.2, 0.25) is 0 Å². The molecule has 0 saturated heterocycles. The summed E-state index contributed by atoms with van der Waals surface area (Å²) in [5, 5.41) is 9.94. The van der Waals surface area contributed by atoms with E-state index in [0.29, 0.717) is 10.9 Å². The van der Waals surface area contributed by atoms with Gasteiger partial charge in [-0.1, -0.05) is 11.8 Å². The Labute approximate surface area is 85.8 Å². The molecule has 0 radical (unpaired) electrons. The van der Waals surface area contributed by atoms with Gasteiger partial charge < -0.3 is 10.1 Å². The molecule has 1 aromatic rings. The Kier molecular flexibility index (Phi) is 4.41. The molecule has 14 heavy (non-hydrogen) atoms. The van der Waals surface area contributed by atoms with Crippen LogP contribution in [0.15, 0.2) is 11.5 Å². The first kappa shape index (κ1) is 11.0. The number of esters is 1. The second kappa shape index (κ2) is 5.61. The molecule has 0 aliphatic rings. The molecule has 1 aromatic heterocycles. The Bertz CT molecular complexity index is 277. The molecule has 1 unspecified atom stereocenters. The summed E-state index contributed by atoms with van der Waals surface area (Å²) in [7, 11) is 3.08. The summed E-state index contributed by atoms with van der Waals surface area (Å²) in [6.45, 7) is 0. The van der Waals surface area contributed by atoms with E-state index in [1.165, 1.54) is 25.2 Å². The third-order valence-electron chi connectivity index (χ3n) is 1.61. The van der Waals surface area contributed by atoms with Crippen molar-refractivity contribution in [1.29, 1.82) is 0 Å². The summed E-state index contributed by atoms with van der Waals surface area (Å²) in [6.07, 6.45) is 1.43. The number of carbonyl (C=O) groups is 1. The first-order chi connectivity index (χ1) is 6.77. The van der Waals surface area contributed by atoms with Crippen molar-refractivity contribution in [1.82, 2.24) is 20.5 Å². The summed E-state index contributed by atoms with van der Waals surface area (Å²) in [4.78, 5) is 15.1. The zero-order valence-corrected chi connectivity index (χ0v) is 8.80. The zero-order valence-electron chi connectivity index (χ0n) is 7.98. The molecule has 2 N–H and O–H groups in total. The number of nitrogens with zero attached hydrogens (tertiary/aromatic N) is 2. The third-order valence-corrected chi connectivity index (χ3v) is 2.58. The number of H-pyrrole nitrogens is 1. The number of methoxy groups -OCH3 is 1. The molecule has 1 heterocycles. The molecule has 78 valence electrons. The van der Waals surface area contributed by atoms with Crippen molar-refractivity contribution in [3.05, 3.63) is 6.33 Å². The monoisotopic (exact) mass is 216 g/mol. The smallest absolute Gasteiger partial charge is 0.323 e. The molecular weight excluding hydrogens is 204 g/mol. The summed E-state index contributed by atoms with van der Waals surface area (Å²) in [6, 6.07) is -0.324. The van der Waals surface area contributed by atoms with Gasteiger partial charge in [-0.05, 0) is 7.05 Å². The van der Waals surface area contributed by atoms with Gasteiger partial charge in [0, 0.05) is 5.75 Å². The van der Waals surface area contributed by atoms with E-state index >= 15 is 0 Å². The number of likely N-dealkylation sites (N-methyl/N-ethyl adjacent to an activating group) is 1. The van der Waals surface area contributed by atoms with E-state index < -0.39 is 0 Å². The van der Waals surface area contributed by atoms with Gasteiger partial charge in [0.25, 0.3) is 0 Å². The topological polar surface area (TPSA) is 79.9 Å². The van der Waals surface area contributed by atoms with Crippen molar-refractivity contribution in [3.8, 4) is 0 Å². The van der Waals surface area contributed by atoms with E-state index in [4.69, 9.17) is 0 Å². The van der Waals surface area contributed by atoms with Gasteiger partial charge in [-0.25, -0.2) is 4.98 Å². The van der Waals surface area contributed by atoms with Crippen molar-refractivity contribution in [2.24, 2.45) is 0 Å². The van der Waals surface area contributed by atoms with E-state index in [0.717, 1.165) is 0 Å². The highest BCUT2D eigenvalue weighted by Crippen LogP contribution is 2.12.